The van der Waals surface area contributed by atoms with Crippen LogP contribution in [0, 0.1) is 5.92 Å². The van der Waals surface area contributed by atoms with Crippen molar-refractivity contribution in [3.05, 3.63) is 616 Å². The lowest BCUT2D eigenvalue weighted by Crippen LogP contribution is -2.34. The fourth-order valence-electron chi connectivity index (χ4n) is 24.0. The van der Waals surface area contributed by atoms with Gasteiger partial charge in [0.1, 0.15) is 0 Å². The summed E-state index contributed by atoms with van der Waals surface area (Å²) in [5.41, 5.74) is 43.5. The summed E-state index contributed by atoms with van der Waals surface area (Å²) in [7, 11) is 0. The van der Waals surface area contributed by atoms with Gasteiger partial charge in [-0.15, -0.1) is 0 Å². The maximum atomic E-state index is 3.92. The molecule has 2 aromatic heterocycles. The molecule has 150 heavy (non-hydrogen) atoms. The minimum atomic E-state index is 0.185. The Hall–Kier alpha value is -18.6. The molecule has 0 saturated carbocycles. The van der Waals surface area contributed by atoms with Gasteiger partial charge in [-0.3, -0.25) is 0 Å². The van der Waals surface area contributed by atoms with E-state index in [-0.39, 0.29) is 30.0 Å². The van der Waals surface area contributed by atoms with E-state index in [9.17, 15) is 0 Å². The highest BCUT2D eigenvalue weighted by Gasteiger charge is 2.44. The van der Waals surface area contributed by atoms with Gasteiger partial charge in [-0.2, -0.15) is 0 Å². The average Bonchev–Trinajstić information content (AvgIpc) is 1.58. The molecule has 7 aliphatic rings. The summed E-state index contributed by atoms with van der Waals surface area (Å²) in [5.74, 6) is 1.13. The maximum absolute atomic E-state index is 3.92. The summed E-state index contributed by atoms with van der Waals surface area (Å²) >= 11 is 0. The number of aromatic nitrogens is 2. The van der Waals surface area contributed by atoms with Gasteiger partial charge >= 0.3 is 0 Å². The minimum Gasteiger partial charge on any atom is -0.381 e. The van der Waals surface area contributed by atoms with Crippen molar-refractivity contribution in [3.8, 4) is 100 Å². The molecule has 0 radical (unpaired) electrons. The Morgan fingerprint density at radius 2 is 0.693 bits per heavy atom. The van der Waals surface area contributed by atoms with Crippen molar-refractivity contribution in [2.24, 2.45) is 5.92 Å². The molecule has 0 amide bonds. The Morgan fingerprint density at radius 3 is 1.33 bits per heavy atom. The topological polar surface area (TPSA) is 40.4 Å². The van der Waals surface area contributed by atoms with Gasteiger partial charge in [-0.25, -0.2) is 0 Å². The third-order valence-electron chi connectivity index (χ3n) is 31.1. The molecule has 28 rings (SSSR count). The first-order valence-electron chi connectivity index (χ1n) is 52.7. The molecule has 0 spiro atoms. The number of anilines is 5. The van der Waals surface area contributed by atoms with Crippen LogP contribution in [0.1, 0.15) is 59.3 Å². The summed E-state index contributed by atoms with van der Waals surface area (Å²) in [6, 6.07) is 175. The van der Waals surface area contributed by atoms with Crippen LogP contribution >= 0.6 is 0 Å². The third kappa shape index (κ3) is 17.9. The number of benzene rings is 19. The summed E-state index contributed by atoms with van der Waals surface area (Å²) < 4.78 is 4.79. The number of hydrogen-bond acceptors (Lipinski definition) is 4. The predicted octanol–water partition coefficient (Wildman–Crippen LogP) is 36.9. The van der Waals surface area contributed by atoms with Crippen molar-refractivity contribution in [2.45, 2.75) is 55.1 Å². The Morgan fingerprint density at radius 1 is 0.253 bits per heavy atom. The van der Waals surface area contributed by atoms with Crippen LogP contribution in [0.5, 0.6) is 0 Å². The zero-order chi connectivity index (χ0) is 99.6. The molecule has 6 heteroatoms. The number of hydrogen-bond donors (Lipinski definition) is 2. The van der Waals surface area contributed by atoms with Crippen LogP contribution in [0.15, 0.2) is 593 Å². The summed E-state index contributed by atoms with van der Waals surface area (Å²) in [6.07, 6.45) is 39.8. The van der Waals surface area contributed by atoms with Crippen molar-refractivity contribution in [1.82, 2.24) is 14.5 Å². The summed E-state index contributed by atoms with van der Waals surface area (Å²) in [4.78, 5) is 5.21. The molecule has 7 atom stereocenters. The molecule has 19 aromatic carbocycles. The van der Waals surface area contributed by atoms with E-state index in [4.69, 9.17) is 0 Å². The highest BCUT2D eigenvalue weighted by molar-refractivity contribution is 6.12. The van der Waals surface area contributed by atoms with Crippen LogP contribution in [0.3, 0.4) is 0 Å². The number of fused-ring (bicyclic) bond motifs is 11. The minimum absolute atomic E-state index is 0.185. The second kappa shape index (κ2) is 40.8. The first-order chi connectivity index (χ1) is 74.4. The van der Waals surface area contributed by atoms with E-state index in [0.29, 0.717) is 11.8 Å². The van der Waals surface area contributed by atoms with Gasteiger partial charge in [0, 0.05) is 102 Å². The van der Waals surface area contributed by atoms with Crippen LogP contribution in [-0.2, 0) is 0 Å². The van der Waals surface area contributed by atoms with E-state index in [1.165, 1.54) is 200 Å². The maximum Gasteiger partial charge on any atom is 0.0629 e. The second-order valence-corrected chi connectivity index (χ2v) is 40.0. The number of nitrogens with zero attached hydrogens (tertiary/aromatic N) is 4. The molecular formula is C144H110N6. The number of rotatable bonds is 19. The van der Waals surface area contributed by atoms with Crippen LogP contribution in [0.4, 0.5) is 28.4 Å². The molecule has 0 bridgehead atoms. The van der Waals surface area contributed by atoms with Gasteiger partial charge in [0.05, 0.1) is 45.9 Å². The summed E-state index contributed by atoms with van der Waals surface area (Å²) in [5, 5.41) is 12.8. The van der Waals surface area contributed by atoms with Crippen molar-refractivity contribution >= 4 is 77.6 Å². The van der Waals surface area contributed by atoms with Crippen molar-refractivity contribution in [1.29, 1.82) is 0 Å². The van der Waals surface area contributed by atoms with Crippen LogP contribution < -0.4 is 20.4 Å². The Labute approximate surface area is 878 Å². The lowest BCUT2D eigenvalue weighted by molar-refractivity contribution is 0.588. The van der Waals surface area contributed by atoms with Crippen molar-refractivity contribution < 1.29 is 0 Å². The fourth-order valence-corrected chi connectivity index (χ4v) is 24.0. The molecule has 0 fully saturated rings. The first kappa shape index (κ1) is 91.3. The highest BCUT2D eigenvalue weighted by atomic mass is 15.2. The lowest BCUT2D eigenvalue weighted by Gasteiger charge is -2.34. The second-order valence-electron chi connectivity index (χ2n) is 40.0. The predicted molar refractivity (Wildman–Crippen MR) is 632 cm³/mol. The van der Waals surface area contributed by atoms with E-state index in [2.05, 4.69) is 606 Å². The lowest BCUT2D eigenvalue weighted by atomic mass is 9.82. The molecule has 6 nitrogen and oxygen atoms in total. The van der Waals surface area contributed by atoms with Crippen LogP contribution in [0.2, 0.25) is 0 Å². The first-order valence-corrected chi connectivity index (χ1v) is 52.7. The molecule has 2 aliphatic heterocycles. The molecule has 21 aromatic rings. The molecule has 716 valence electrons. The van der Waals surface area contributed by atoms with Crippen molar-refractivity contribution in [3.63, 3.8) is 0 Å². The molecule has 4 heterocycles. The van der Waals surface area contributed by atoms with E-state index < -0.39 is 0 Å². The van der Waals surface area contributed by atoms with Gasteiger partial charge in [0.2, 0.25) is 0 Å². The SMILES string of the molecule is C1=CC(NC2=CC=C(c3ccccc3)CC2)C(c2cccc(-c3cccc4c3N(c3cccc(-c5ccccc5)c3)C3C=CC=CC43)c2)C=C1.C1=CC2C3=C(C(c4ccc5c(c4)c4ccccc4n5-c4ccc(-c5ccccc5)cc4)CC=C3)N(c3ccc(-c4ccccc4)cc3)C2C=C1.c1ccc(-c2cc(Nc3ccccc3-c3cccc(-c4ccc5c(c4)c4ccccc4n5-c4ccccc4)c3)cc(-c3ccccc3)c2)cc1. The zero-order valence-electron chi connectivity index (χ0n) is 83.3. The molecular weight excluding hydrogens is 1810 g/mol. The summed E-state index contributed by atoms with van der Waals surface area (Å²) in [6.45, 7) is 0. The van der Waals surface area contributed by atoms with Crippen molar-refractivity contribution in [2.75, 3.05) is 15.1 Å². The largest absolute Gasteiger partial charge is 0.381 e. The molecule has 2 N–H and O–H groups in total. The van der Waals surface area contributed by atoms with E-state index in [0.717, 1.165) is 36.2 Å². The monoisotopic (exact) mass is 1920 g/mol. The van der Waals surface area contributed by atoms with E-state index in [1.807, 2.05) is 0 Å². The zero-order valence-corrected chi connectivity index (χ0v) is 83.3. The van der Waals surface area contributed by atoms with Gasteiger partial charge in [0.25, 0.3) is 0 Å². The van der Waals surface area contributed by atoms with Gasteiger partial charge in [-0.05, 0) is 252 Å². The molecule has 7 unspecified atom stereocenters. The van der Waals surface area contributed by atoms with Gasteiger partial charge < -0.3 is 29.6 Å². The standard InChI is InChI=1S/C48H36N2.C48H34N2.C48H40N2/c1-3-12-33(13-4-1)35-22-27-38(28-23-35)49-45-20-9-8-17-42(45)44-32-37(26-31-47(44)49)40-18-11-19-43-41-16-7-10-21-46(41)50(48(40)43)39-29-24-36(25-30-39)34-14-5-2-6-15-34;1-4-15-34(16-5-1)39-30-40(35-17-6-2-7-18-35)32-41(31-39)49-46-25-12-10-23-43(46)38-20-14-19-36(29-38)37-27-28-48-45(33-37)44-24-11-13-26-47(44)50(48)42-21-8-3-9-22-42;1-3-14-34(15-4-1)36-28-30-40(31-29-36)49-46-26-9-7-22-42(46)38-19-11-20-39(32-38)43-24-13-25-45-44-23-8-10-27-47(44)50(48(43)45)41-21-12-18-37(33-41)35-16-5-2-6-17-35/h1-17,19-32,40-41,46H,18H2;1-33,49H;1-28,30,32-33,42,44,46-47,49H,29,31H2. The molecule has 5 aliphatic carbocycles. The smallest absolute Gasteiger partial charge is 0.0629 e. The molecule has 0 saturated heterocycles. The Bertz CT molecular complexity index is 8910. The van der Waals surface area contributed by atoms with E-state index >= 15 is 0 Å². The van der Waals surface area contributed by atoms with Crippen LogP contribution in [-0.4, -0.2) is 27.3 Å². The quantitative estimate of drug-likeness (QED) is 0.0847. The normalized spacial score (nSPS) is 17.4. The van der Waals surface area contributed by atoms with Gasteiger partial charge in [0.15, 0.2) is 0 Å². The number of allylic oxidation sites excluding steroid dienone is 13. The average molecular weight is 1920 g/mol. The van der Waals surface area contributed by atoms with E-state index in [1.54, 1.807) is 0 Å². The fraction of sp³-hybridized carbons (Fsp3) is 0.0694. The number of nitrogens with one attached hydrogen (secondary N) is 2. The van der Waals surface area contributed by atoms with Crippen LogP contribution in [0.25, 0.3) is 150 Å². The Kier molecular flexibility index (Phi) is 24.8. The number of para-hydroxylation sites is 5. The highest BCUT2D eigenvalue weighted by Crippen LogP contribution is 2.55. The Balaban J connectivity index is 0.000000113. The van der Waals surface area contributed by atoms with Gasteiger partial charge in [-0.1, -0.05) is 455 Å². The third-order valence-corrected chi connectivity index (χ3v) is 31.1.